The summed E-state index contributed by atoms with van der Waals surface area (Å²) in [7, 11) is 1.27. The molecule has 144 valence electrons. The van der Waals surface area contributed by atoms with Crippen LogP contribution in [-0.2, 0) is 9.53 Å². The number of carbonyl (C=O) groups excluding carboxylic acids is 3. The highest BCUT2D eigenvalue weighted by Crippen LogP contribution is 2.34. The van der Waals surface area contributed by atoms with Crippen LogP contribution in [0.3, 0.4) is 0 Å². The number of nitrogens with one attached hydrogen (secondary N) is 2. The number of methoxy groups -OCH3 is 1. The minimum atomic E-state index is -0.589. The molecule has 0 spiro atoms. The highest BCUT2D eigenvalue weighted by Gasteiger charge is 2.27. The zero-order chi connectivity index (χ0) is 20.3. The first-order chi connectivity index (χ1) is 12.6. The Labute approximate surface area is 162 Å². The number of amides is 2. The van der Waals surface area contributed by atoms with Crippen LogP contribution >= 0.6 is 11.3 Å². The molecule has 7 heteroatoms. The van der Waals surface area contributed by atoms with Crippen LogP contribution in [0.1, 0.15) is 50.6 Å². The van der Waals surface area contributed by atoms with Crippen molar-refractivity contribution in [3.05, 3.63) is 45.3 Å². The molecule has 1 aromatic heterocycles. The van der Waals surface area contributed by atoms with E-state index in [1.807, 2.05) is 32.0 Å². The first-order valence-corrected chi connectivity index (χ1v) is 9.38. The van der Waals surface area contributed by atoms with Gasteiger partial charge in [-0.3, -0.25) is 9.59 Å². The Morgan fingerprint density at radius 1 is 1.07 bits per heavy atom. The van der Waals surface area contributed by atoms with Gasteiger partial charge in [0.15, 0.2) is 0 Å². The summed E-state index contributed by atoms with van der Waals surface area (Å²) in [4.78, 5) is 37.4. The van der Waals surface area contributed by atoms with Gasteiger partial charge in [0.05, 0.1) is 17.6 Å². The Kier molecular flexibility index (Phi) is 6.38. The molecule has 0 saturated carbocycles. The topological polar surface area (TPSA) is 84.5 Å². The molecular formula is C20H24N2O4S. The molecule has 0 unspecified atom stereocenters. The molecule has 27 heavy (non-hydrogen) atoms. The van der Waals surface area contributed by atoms with Crippen LogP contribution in [0.5, 0.6) is 0 Å². The first-order valence-electron chi connectivity index (χ1n) is 8.56. The highest BCUT2D eigenvalue weighted by atomic mass is 32.1. The summed E-state index contributed by atoms with van der Waals surface area (Å²) in [5.74, 6) is -1.42. The third-order valence-electron chi connectivity index (χ3n) is 4.13. The summed E-state index contributed by atoms with van der Waals surface area (Å²) >= 11 is 1.07. The lowest BCUT2D eigenvalue weighted by Crippen LogP contribution is -2.19. The van der Waals surface area contributed by atoms with E-state index in [1.165, 1.54) is 7.11 Å². The Balaban J connectivity index is 2.40. The summed E-state index contributed by atoms with van der Waals surface area (Å²) in [6.07, 6.45) is 0. The van der Waals surface area contributed by atoms with Crippen LogP contribution < -0.4 is 10.6 Å². The van der Waals surface area contributed by atoms with Crippen LogP contribution in [0.2, 0.25) is 0 Å². The molecule has 0 aliphatic heterocycles. The van der Waals surface area contributed by atoms with Crippen molar-refractivity contribution in [2.75, 3.05) is 17.7 Å². The number of rotatable bonds is 5. The number of carbonyl (C=O) groups is 3. The average molecular weight is 388 g/mol. The van der Waals surface area contributed by atoms with Gasteiger partial charge in [0.1, 0.15) is 5.00 Å². The standard InChI is InChI=1S/C20H24N2O4S/c1-10(2)17(23)22-19-15(20(25)26-6)13(5)16(27-19)18(24)21-14-8-7-11(3)9-12(14)4/h7-10H,1-6H3,(H,21,24)(H,22,23). The van der Waals surface area contributed by atoms with Gasteiger partial charge in [0, 0.05) is 11.6 Å². The number of thiophene rings is 1. The Bertz CT molecular complexity index is 900. The number of hydrogen-bond acceptors (Lipinski definition) is 5. The van der Waals surface area contributed by atoms with E-state index in [2.05, 4.69) is 10.6 Å². The Hall–Kier alpha value is -2.67. The van der Waals surface area contributed by atoms with Gasteiger partial charge in [0.2, 0.25) is 5.91 Å². The maximum absolute atomic E-state index is 12.8. The second-order valence-corrected chi connectivity index (χ2v) is 7.69. The van der Waals surface area contributed by atoms with Gasteiger partial charge in [-0.15, -0.1) is 11.3 Å². The third-order valence-corrected chi connectivity index (χ3v) is 5.34. The summed E-state index contributed by atoms with van der Waals surface area (Å²) in [5, 5.41) is 5.92. The van der Waals surface area contributed by atoms with Crippen LogP contribution in [0, 0.1) is 26.7 Å². The minimum Gasteiger partial charge on any atom is -0.465 e. The molecule has 0 atom stereocenters. The van der Waals surface area contributed by atoms with Crippen molar-refractivity contribution < 1.29 is 19.1 Å². The maximum atomic E-state index is 12.8. The molecule has 0 aliphatic rings. The van der Waals surface area contributed by atoms with E-state index in [9.17, 15) is 14.4 Å². The van der Waals surface area contributed by atoms with Crippen molar-refractivity contribution in [2.45, 2.75) is 34.6 Å². The number of hydrogen-bond donors (Lipinski definition) is 2. The largest absolute Gasteiger partial charge is 0.465 e. The quantitative estimate of drug-likeness (QED) is 0.748. The number of aryl methyl sites for hydroxylation is 2. The zero-order valence-electron chi connectivity index (χ0n) is 16.4. The second kappa shape index (κ2) is 8.35. The molecule has 2 N–H and O–H groups in total. The van der Waals surface area contributed by atoms with Gasteiger partial charge in [-0.1, -0.05) is 31.5 Å². The van der Waals surface area contributed by atoms with Crippen LogP contribution in [-0.4, -0.2) is 24.9 Å². The highest BCUT2D eigenvalue weighted by molar-refractivity contribution is 7.18. The molecule has 2 rings (SSSR count). The van der Waals surface area contributed by atoms with Crippen molar-refractivity contribution in [3.63, 3.8) is 0 Å². The molecular weight excluding hydrogens is 364 g/mol. The number of benzene rings is 1. The normalized spacial score (nSPS) is 10.6. The number of esters is 1. The predicted molar refractivity (Wildman–Crippen MR) is 108 cm³/mol. The molecule has 0 radical (unpaired) electrons. The summed E-state index contributed by atoms with van der Waals surface area (Å²) in [6.45, 7) is 9.07. The lowest BCUT2D eigenvalue weighted by Gasteiger charge is -2.08. The van der Waals surface area contributed by atoms with Crippen molar-refractivity contribution >= 4 is 39.8 Å². The van der Waals surface area contributed by atoms with Crippen molar-refractivity contribution in [2.24, 2.45) is 5.92 Å². The van der Waals surface area contributed by atoms with Crippen LogP contribution in [0.15, 0.2) is 18.2 Å². The minimum absolute atomic E-state index is 0.210. The number of ether oxygens (including phenoxy) is 1. The fourth-order valence-electron chi connectivity index (χ4n) is 2.56. The Morgan fingerprint density at radius 3 is 2.30 bits per heavy atom. The van der Waals surface area contributed by atoms with Crippen molar-refractivity contribution in [1.82, 2.24) is 0 Å². The summed E-state index contributed by atoms with van der Waals surface area (Å²) in [6, 6.07) is 5.73. The van der Waals surface area contributed by atoms with E-state index in [1.54, 1.807) is 20.8 Å². The molecule has 0 aliphatic carbocycles. The van der Waals surface area contributed by atoms with E-state index >= 15 is 0 Å². The SMILES string of the molecule is COC(=O)c1c(NC(=O)C(C)C)sc(C(=O)Nc2ccc(C)cc2C)c1C. The lowest BCUT2D eigenvalue weighted by atomic mass is 10.1. The second-order valence-electron chi connectivity index (χ2n) is 6.67. The van der Waals surface area contributed by atoms with Gasteiger partial charge >= 0.3 is 5.97 Å². The third kappa shape index (κ3) is 4.54. The van der Waals surface area contributed by atoms with E-state index in [4.69, 9.17) is 4.74 Å². The molecule has 0 saturated heterocycles. The number of anilines is 2. The lowest BCUT2D eigenvalue weighted by molar-refractivity contribution is -0.118. The van der Waals surface area contributed by atoms with Crippen LogP contribution in [0.4, 0.5) is 10.7 Å². The maximum Gasteiger partial charge on any atom is 0.341 e. The zero-order valence-corrected chi connectivity index (χ0v) is 17.2. The molecule has 1 heterocycles. The smallest absolute Gasteiger partial charge is 0.341 e. The molecule has 1 aromatic carbocycles. The van der Waals surface area contributed by atoms with E-state index < -0.39 is 5.97 Å². The van der Waals surface area contributed by atoms with Crippen molar-refractivity contribution in [3.8, 4) is 0 Å². The monoisotopic (exact) mass is 388 g/mol. The Morgan fingerprint density at radius 2 is 1.74 bits per heavy atom. The van der Waals surface area contributed by atoms with Gasteiger partial charge in [-0.05, 0) is 38.0 Å². The molecule has 0 bridgehead atoms. The fraction of sp³-hybridized carbons (Fsp3) is 0.350. The fourth-order valence-corrected chi connectivity index (χ4v) is 3.65. The molecule has 2 aromatic rings. The van der Waals surface area contributed by atoms with Crippen LogP contribution in [0.25, 0.3) is 0 Å². The summed E-state index contributed by atoms with van der Waals surface area (Å²) in [5.41, 5.74) is 3.43. The van der Waals surface area contributed by atoms with E-state index in [0.29, 0.717) is 21.1 Å². The molecule has 6 nitrogen and oxygen atoms in total. The van der Waals surface area contributed by atoms with E-state index in [-0.39, 0.29) is 23.3 Å². The molecule has 2 amide bonds. The van der Waals surface area contributed by atoms with Gasteiger partial charge in [-0.2, -0.15) is 0 Å². The van der Waals surface area contributed by atoms with Crippen molar-refractivity contribution in [1.29, 1.82) is 0 Å². The predicted octanol–water partition coefficient (Wildman–Crippen LogP) is 4.31. The van der Waals surface area contributed by atoms with Gasteiger partial charge < -0.3 is 15.4 Å². The summed E-state index contributed by atoms with van der Waals surface area (Å²) < 4.78 is 4.83. The van der Waals surface area contributed by atoms with Gasteiger partial charge in [-0.25, -0.2) is 4.79 Å². The van der Waals surface area contributed by atoms with Gasteiger partial charge in [0.25, 0.3) is 5.91 Å². The molecule has 0 fully saturated rings. The average Bonchev–Trinajstić information content (AvgIpc) is 2.92. The van der Waals surface area contributed by atoms with E-state index in [0.717, 1.165) is 22.5 Å². The first kappa shape index (κ1) is 20.6.